The average Bonchev–Trinajstić information content (AvgIpc) is 2.46. The van der Waals surface area contributed by atoms with Gasteiger partial charge in [0.05, 0.1) is 0 Å². The predicted octanol–water partition coefficient (Wildman–Crippen LogP) is 1.20. The van der Waals surface area contributed by atoms with E-state index >= 15 is 0 Å². The number of aromatic carboxylic acids is 1. The van der Waals surface area contributed by atoms with Gasteiger partial charge in [0, 0.05) is 11.6 Å². The molecule has 2 aromatic rings. The average molecular weight is 273 g/mol. The van der Waals surface area contributed by atoms with E-state index in [1.54, 1.807) is 18.2 Å². The van der Waals surface area contributed by atoms with E-state index in [1.807, 2.05) is 0 Å². The maximum absolute atomic E-state index is 11.0. The first-order valence-electron chi connectivity index (χ1n) is 5.91. The Bertz CT molecular complexity index is 687. The monoisotopic (exact) mass is 273 g/mol. The van der Waals surface area contributed by atoms with Crippen LogP contribution in [-0.4, -0.2) is 34.3 Å². The van der Waals surface area contributed by atoms with Crippen molar-refractivity contribution in [3.8, 4) is 22.9 Å². The van der Waals surface area contributed by atoms with Gasteiger partial charge in [0.1, 0.15) is 19.0 Å². The molecule has 7 heteroatoms. The zero-order valence-electron chi connectivity index (χ0n) is 10.4. The van der Waals surface area contributed by atoms with Crippen LogP contribution in [0.1, 0.15) is 10.5 Å². The second-order valence-electron chi connectivity index (χ2n) is 4.17. The third-order valence-electron chi connectivity index (χ3n) is 2.77. The molecule has 1 aliphatic rings. The van der Waals surface area contributed by atoms with Gasteiger partial charge in [-0.1, -0.05) is 0 Å². The zero-order valence-corrected chi connectivity index (χ0v) is 10.4. The number of benzene rings is 1. The summed E-state index contributed by atoms with van der Waals surface area (Å²) in [6.07, 6.45) is 0. The summed E-state index contributed by atoms with van der Waals surface area (Å²) < 4.78 is 10.9. The largest absolute Gasteiger partial charge is 0.486 e. The molecular weight excluding hydrogens is 262 g/mol. The SMILES string of the molecule is Nc1cc(C(=O)O)nc(-c2ccc3c(c2)OCCO3)n1. The van der Waals surface area contributed by atoms with Crippen LogP contribution in [0.4, 0.5) is 5.82 Å². The van der Waals surface area contributed by atoms with Gasteiger partial charge in [-0.15, -0.1) is 0 Å². The molecule has 20 heavy (non-hydrogen) atoms. The van der Waals surface area contributed by atoms with E-state index in [9.17, 15) is 4.79 Å². The fourth-order valence-electron chi connectivity index (χ4n) is 1.89. The van der Waals surface area contributed by atoms with Crippen molar-refractivity contribution in [1.29, 1.82) is 0 Å². The van der Waals surface area contributed by atoms with E-state index in [0.717, 1.165) is 0 Å². The van der Waals surface area contributed by atoms with Crippen molar-refractivity contribution in [2.24, 2.45) is 0 Å². The van der Waals surface area contributed by atoms with Crippen molar-refractivity contribution in [3.63, 3.8) is 0 Å². The molecule has 102 valence electrons. The molecule has 0 fully saturated rings. The third-order valence-corrected chi connectivity index (χ3v) is 2.77. The Kier molecular flexibility index (Phi) is 2.86. The third kappa shape index (κ3) is 2.20. The Hall–Kier alpha value is -2.83. The molecule has 3 N–H and O–H groups in total. The van der Waals surface area contributed by atoms with Crippen LogP contribution in [0, 0.1) is 0 Å². The van der Waals surface area contributed by atoms with Crippen molar-refractivity contribution in [2.75, 3.05) is 18.9 Å². The second kappa shape index (κ2) is 4.69. The Morgan fingerprint density at radius 1 is 1.15 bits per heavy atom. The number of nitrogen functional groups attached to an aromatic ring is 1. The normalized spacial score (nSPS) is 13.0. The molecule has 7 nitrogen and oxygen atoms in total. The van der Waals surface area contributed by atoms with Gasteiger partial charge in [-0.2, -0.15) is 0 Å². The van der Waals surface area contributed by atoms with Gasteiger partial charge >= 0.3 is 5.97 Å². The standard InChI is InChI=1S/C13H11N3O4/c14-11-6-8(13(17)18)15-12(16-11)7-1-2-9-10(5-7)20-4-3-19-9/h1-2,5-6H,3-4H2,(H,17,18)(H2,14,15,16). The summed E-state index contributed by atoms with van der Waals surface area (Å²) in [6, 6.07) is 6.38. The number of aromatic nitrogens is 2. The van der Waals surface area contributed by atoms with Crippen LogP contribution < -0.4 is 15.2 Å². The molecule has 0 spiro atoms. The number of nitrogens with two attached hydrogens (primary N) is 1. The zero-order chi connectivity index (χ0) is 14.1. The smallest absolute Gasteiger partial charge is 0.354 e. The first kappa shape index (κ1) is 12.2. The van der Waals surface area contributed by atoms with Gasteiger partial charge in [0.25, 0.3) is 0 Å². The predicted molar refractivity (Wildman–Crippen MR) is 69.8 cm³/mol. The summed E-state index contributed by atoms with van der Waals surface area (Å²) in [5.74, 6) is 0.401. The number of fused-ring (bicyclic) bond motifs is 1. The molecule has 0 bridgehead atoms. The molecule has 2 heterocycles. The fourth-order valence-corrected chi connectivity index (χ4v) is 1.89. The molecule has 0 saturated carbocycles. The number of rotatable bonds is 2. The molecule has 1 aromatic heterocycles. The highest BCUT2D eigenvalue weighted by molar-refractivity contribution is 5.86. The van der Waals surface area contributed by atoms with Crippen LogP contribution in [0.15, 0.2) is 24.3 Å². The van der Waals surface area contributed by atoms with Crippen molar-refractivity contribution >= 4 is 11.8 Å². The summed E-state index contributed by atoms with van der Waals surface area (Å²) in [4.78, 5) is 19.0. The van der Waals surface area contributed by atoms with Crippen LogP contribution in [0.2, 0.25) is 0 Å². The Morgan fingerprint density at radius 2 is 1.90 bits per heavy atom. The first-order valence-corrected chi connectivity index (χ1v) is 5.91. The Balaban J connectivity index is 2.06. The van der Waals surface area contributed by atoms with Gasteiger partial charge in [-0.05, 0) is 18.2 Å². The second-order valence-corrected chi connectivity index (χ2v) is 4.17. The van der Waals surface area contributed by atoms with Crippen LogP contribution in [0.5, 0.6) is 11.5 Å². The number of carbonyl (C=O) groups is 1. The maximum Gasteiger partial charge on any atom is 0.354 e. The molecule has 0 aliphatic carbocycles. The summed E-state index contributed by atoms with van der Waals surface area (Å²) in [5, 5.41) is 8.98. The summed E-state index contributed by atoms with van der Waals surface area (Å²) in [5.41, 5.74) is 6.07. The van der Waals surface area contributed by atoms with Crippen molar-refractivity contribution in [2.45, 2.75) is 0 Å². The summed E-state index contributed by atoms with van der Waals surface area (Å²) in [7, 11) is 0. The minimum atomic E-state index is -1.15. The molecule has 0 radical (unpaired) electrons. The van der Waals surface area contributed by atoms with Gasteiger partial charge in [0.15, 0.2) is 23.0 Å². The van der Waals surface area contributed by atoms with E-state index < -0.39 is 5.97 Å². The summed E-state index contributed by atoms with van der Waals surface area (Å²) >= 11 is 0. The number of carboxylic acids is 1. The lowest BCUT2D eigenvalue weighted by molar-refractivity contribution is 0.0690. The Morgan fingerprint density at radius 3 is 2.65 bits per heavy atom. The van der Waals surface area contributed by atoms with E-state index in [4.69, 9.17) is 20.3 Å². The van der Waals surface area contributed by atoms with Gasteiger partial charge in [0.2, 0.25) is 0 Å². The quantitative estimate of drug-likeness (QED) is 0.846. The fraction of sp³-hybridized carbons (Fsp3) is 0.154. The molecule has 0 atom stereocenters. The van der Waals surface area contributed by atoms with Gasteiger partial charge < -0.3 is 20.3 Å². The highest BCUT2D eigenvalue weighted by atomic mass is 16.6. The topological polar surface area (TPSA) is 108 Å². The molecule has 3 rings (SSSR count). The molecule has 0 saturated heterocycles. The number of ether oxygens (including phenoxy) is 2. The van der Waals surface area contributed by atoms with Crippen molar-refractivity contribution < 1.29 is 19.4 Å². The van der Waals surface area contributed by atoms with Crippen molar-refractivity contribution in [1.82, 2.24) is 9.97 Å². The lowest BCUT2D eigenvalue weighted by atomic mass is 10.1. The Labute approximate surface area is 114 Å². The highest BCUT2D eigenvalue weighted by Gasteiger charge is 2.15. The molecule has 0 unspecified atom stereocenters. The highest BCUT2D eigenvalue weighted by Crippen LogP contribution is 2.33. The molecule has 1 aromatic carbocycles. The van der Waals surface area contributed by atoms with Crippen LogP contribution in [0.3, 0.4) is 0 Å². The number of carboxylic acid groups (broad SMARTS) is 1. The maximum atomic E-state index is 11.0. The molecule has 1 aliphatic heterocycles. The van der Waals surface area contributed by atoms with E-state index in [-0.39, 0.29) is 17.3 Å². The molecular formula is C13H11N3O4. The van der Waals surface area contributed by atoms with Gasteiger partial charge in [-0.3, -0.25) is 0 Å². The van der Waals surface area contributed by atoms with Gasteiger partial charge in [-0.25, -0.2) is 14.8 Å². The minimum Gasteiger partial charge on any atom is -0.486 e. The van der Waals surface area contributed by atoms with Crippen LogP contribution >= 0.6 is 0 Å². The number of nitrogens with zero attached hydrogens (tertiary/aromatic N) is 2. The van der Waals surface area contributed by atoms with Crippen molar-refractivity contribution in [3.05, 3.63) is 30.0 Å². The lowest BCUT2D eigenvalue weighted by Crippen LogP contribution is -2.15. The van der Waals surface area contributed by atoms with E-state index in [2.05, 4.69) is 9.97 Å². The van der Waals surface area contributed by atoms with Crippen LogP contribution in [0.25, 0.3) is 11.4 Å². The number of anilines is 1. The van der Waals surface area contributed by atoms with Crippen LogP contribution in [-0.2, 0) is 0 Å². The number of hydrogen-bond acceptors (Lipinski definition) is 6. The molecule has 0 amide bonds. The lowest BCUT2D eigenvalue weighted by Gasteiger charge is -2.18. The van der Waals surface area contributed by atoms with E-state index in [1.165, 1.54) is 6.07 Å². The first-order chi connectivity index (χ1) is 9.63. The van der Waals surface area contributed by atoms with E-state index in [0.29, 0.717) is 30.3 Å². The minimum absolute atomic E-state index is 0.0993. The number of hydrogen-bond donors (Lipinski definition) is 2. The summed E-state index contributed by atoms with van der Waals surface area (Å²) in [6.45, 7) is 0.971.